The molecule has 1 N–H and O–H groups in total. The maximum absolute atomic E-state index is 13.1. The fourth-order valence-electron chi connectivity index (χ4n) is 3.85. The maximum Gasteiger partial charge on any atom is 0.308 e. The van der Waals surface area contributed by atoms with Gasteiger partial charge in [0.15, 0.2) is 0 Å². The number of sulfonamides is 1. The number of pyridine rings is 1. The minimum absolute atomic E-state index is 0.0620. The van der Waals surface area contributed by atoms with Crippen LogP contribution < -0.4 is 10.2 Å². The van der Waals surface area contributed by atoms with Crippen LogP contribution in [0, 0.1) is 5.92 Å². The Morgan fingerprint density at radius 3 is 2.71 bits per heavy atom. The first kappa shape index (κ1) is 21.7. The molecule has 1 aromatic carbocycles. The number of hydrogen-bond acceptors (Lipinski definition) is 6. The van der Waals surface area contributed by atoms with E-state index < -0.39 is 10.0 Å². The third kappa shape index (κ3) is 4.41. The number of carbonyl (C=O) groups is 1. The van der Waals surface area contributed by atoms with Crippen LogP contribution in [0.3, 0.4) is 0 Å². The number of fused-ring (bicyclic) bond motifs is 1. The molecule has 1 aliphatic heterocycles. The number of hydrogen-bond donors (Lipinski definition) is 1. The molecule has 0 atom stereocenters. The van der Waals surface area contributed by atoms with E-state index in [0.29, 0.717) is 30.6 Å². The van der Waals surface area contributed by atoms with Crippen molar-refractivity contribution in [3.8, 4) is 0 Å². The molecule has 0 radical (unpaired) electrons. The molecule has 2 aromatic heterocycles. The molecule has 1 aliphatic rings. The highest BCUT2D eigenvalue weighted by molar-refractivity contribution is 7.89. The van der Waals surface area contributed by atoms with Crippen LogP contribution >= 0.6 is 11.3 Å². The standard InChI is InChI=1S/C21H24N4O4S2/c1-2-25-18-6-5-17(12-19(18)30-21(25)27)31(28,29)24-10-7-16(8-11-24)20(26)23-14-15-4-3-9-22-13-15/h3-6,9,12-13,16H,2,7-8,10-11,14H2,1H3,(H,23,26). The van der Waals surface area contributed by atoms with Gasteiger partial charge in [-0.3, -0.25) is 19.1 Å². The summed E-state index contributed by atoms with van der Waals surface area (Å²) in [5, 5.41) is 2.91. The first-order valence-corrected chi connectivity index (χ1v) is 12.5. The molecule has 0 bridgehead atoms. The summed E-state index contributed by atoms with van der Waals surface area (Å²) in [5.74, 6) is -0.276. The third-order valence-electron chi connectivity index (χ3n) is 5.61. The topological polar surface area (TPSA) is 101 Å². The number of nitrogens with zero attached hydrogens (tertiary/aromatic N) is 3. The zero-order valence-electron chi connectivity index (χ0n) is 17.2. The van der Waals surface area contributed by atoms with Crippen molar-refractivity contribution >= 4 is 37.5 Å². The molecule has 10 heteroatoms. The zero-order valence-corrected chi connectivity index (χ0v) is 18.8. The molecule has 164 valence electrons. The van der Waals surface area contributed by atoms with Crippen molar-refractivity contribution in [1.29, 1.82) is 0 Å². The summed E-state index contributed by atoms with van der Waals surface area (Å²) in [6.07, 6.45) is 4.33. The fraction of sp³-hybridized carbons (Fsp3) is 0.381. The molecule has 1 fully saturated rings. The van der Waals surface area contributed by atoms with E-state index in [4.69, 9.17) is 0 Å². The lowest BCUT2D eigenvalue weighted by Gasteiger charge is -2.30. The van der Waals surface area contributed by atoms with Crippen LogP contribution in [0.1, 0.15) is 25.3 Å². The SMILES string of the molecule is CCn1c(=O)sc2cc(S(=O)(=O)N3CCC(C(=O)NCc4cccnc4)CC3)ccc21. The highest BCUT2D eigenvalue weighted by atomic mass is 32.2. The first-order chi connectivity index (χ1) is 14.9. The Bertz CT molecular complexity index is 1240. The minimum Gasteiger partial charge on any atom is -0.352 e. The van der Waals surface area contributed by atoms with Crippen LogP contribution in [0.5, 0.6) is 0 Å². The number of piperidine rings is 1. The monoisotopic (exact) mass is 460 g/mol. The van der Waals surface area contributed by atoms with E-state index in [2.05, 4.69) is 10.3 Å². The van der Waals surface area contributed by atoms with Gasteiger partial charge in [-0.25, -0.2) is 8.42 Å². The molecular formula is C21H24N4O4S2. The van der Waals surface area contributed by atoms with Gasteiger partial charge in [0.1, 0.15) is 0 Å². The summed E-state index contributed by atoms with van der Waals surface area (Å²) in [4.78, 5) is 28.7. The Labute approximate surface area is 184 Å². The zero-order chi connectivity index (χ0) is 22.0. The van der Waals surface area contributed by atoms with E-state index in [1.165, 1.54) is 4.31 Å². The van der Waals surface area contributed by atoms with E-state index in [1.807, 2.05) is 19.1 Å². The molecule has 0 saturated carbocycles. The summed E-state index contributed by atoms with van der Waals surface area (Å²) in [5.41, 5.74) is 1.67. The summed E-state index contributed by atoms with van der Waals surface area (Å²) < 4.78 is 30.0. The average molecular weight is 461 g/mol. The van der Waals surface area contributed by atoms with Gasteiger partial charge in [0.2, 0.25) is 15.9 Å². The van der Waals surface area contributed by atoms with Gasteiger partial charge >= 0.3 is 4.87 Å². The lowest BCUT2D eigenvalue weighted by molar-refractivity contribution is -0.126. The van der Waals surface area contributed by atoms with Crippen molar-refractivity contribution < 1.29 is 13.2 Å². The molecule has 4 rings (SSSR count). The molecule has 0 spiro atoms. The van der Waals surface area contributed by atoms with Crippen LogP contribution in [-0.2, 0) is 27.9 Å². The third-order valence-corrected chi connectivity index (χ3v) is 8.44. The molecular weight excluding hydrogens is 436 g/mol. The minimum atomic E-state index is -3.68. The number of aromatic nitrogens is 2. The van der Waals surface area contributed by atoms with Crippen LogP contribution in [-0.4, -0.2) is 41.3 Å². The highest BCUT2D eigenvalue weighted by Crippen LogP contribution is 2.27. The predicted molar refractivity (Wildman–Crippen MR) is 119 cm³/mol. The number of benzene rings is 1. The Morgan fingerprint density at radius 2 is 2.03 bits per heavy atom. The van der Waals surface area contributed by atoms with Gasteiger partial charge in [-0.05, 0) is 49.6 Å². The Kier molecular flexibility index (Phi) is 6.22. The van der Waals surface area contributed by atoms with Gasteiger partial charge in [0.25, 0.3) is 0 Å². The number of aryl methyl sites for hydroxylation is 1. The molecule has 31 heavy (non-hydrogen) atoms. The second kappa shape index (κ2) is 8.89. The van der Waals surface area contributed by atoms with Crippen LogP contribution in [0.15, 0.2) is 52.4 Å². The molecule has 0 unspecified atom stereocenters. The van der Waals surface area contributed by atoms with Gasteiger partial charge in [-0.2, -0.15) is 4.31 Å². The Balaban J connectivity index is 1.41. The smallest absolute Gasteiger partial charge is 0.308 e. The van der Waals surface area contributed by atoms with Crippen molar-refractivity contribution in [2.45, 2.75) is 37.8 Å². The largest absolute Gasteiger partial charge is 0.352 e. The lowest BCUT2D eigenvalue weighted by Crippen LogP contribution is -2.42. The van der Waals surface area contributed by atoms with E-state index in [-0.39, 0.29) is 34.7 Å². The number of amides is 1. The van der Waals surface area contributed by atoms with Crippen LogP contribution in [0.25, 0.3) is 10.2 Å². The van der Waals surface area contributed by atoms with Gasteiger partial charge in [0.05, 0.1) is 15.1 Å². The highest BCUT2D eigenvalue weighted by Gasteiger charge is 2.32. The van der Waals surface area contributed by atoms with Crippen LogP contribution in [0.2, 0.25) is 0 Å². The van der Waals surface area contributed by atoms with Gasteiger partial charge in [-0.1, -0.05) is 17.4 Å². The lowest BCUT2D eigenvalue weighted by atomic mass is 9.97. The van der Waals surface area contributed by atoms with Crippen LogP contribution in [0.4, 0.5) is 0 Å². The fourth-order valence-corrected chi connectivity index (χ4v) is 6.42. The van der Waals surface area contributed by atoms with Gasteiger partial charge < -0.3 is 5.32 Å². The van der Waals surface area contributed by atoms with E-state index in [0.717, 1.165) is 22.4 Å². The Morgan fingerprint density at radius 1 is 1.26 bits per heavy atom. The number of carbonyl (C=O) groups excluding carboxylic acids is 1. The summed E-state index contributed by atoms with van der Waals surface area (Å²) in [6.45, 7) is 3.41. The second-order valence-electron chi connectivity index (χ2n) is 7.50. The predicted octanol–water partition coefficient (Wildman–Crippen LogP) is 2.19. The van der Waals surface area contributed by atoms with Crippen molar-refractivity contribution in [2.75, 3.05) is 13.1 Å². The Hall–Kier alpha value is -2.56. The van der Waals surface area contributed by atoms with E-state index in [1.54, 1.807) is 35.2 Å². The van der Waals surface area contributed by atoms with Gasteiger partial charge in [0, 0.05) is 44.5 Å². The quantitative estimate of drug-likeness (QED) is 0.608. The average Bonchev–Trinajstić information content (AvgIpc) is 3.12. The van der Waals surface area contributed by atoms with Crippen molar-refractivity contribution in [3.63, 3.8) is 0 Å². The first-order valence-electron chi connectivity index (χ1n) is 10.2. The summed E-state index contributed by atoms with van der Waals surface area (Å²) in [6, 6.07) is 8.54. The van der Waals surface area contributed by atoms with E-state index >= 15 is 0 Å². The molecule has 8 nitrogen and oxygen atoms in total. The van der Waals surface area contributed by atoms with E-state index in [9.17, 15) is 18.0 Å². The molecule has 1 saturated heterocycles. The van der Waals surface area contributed by atoms with Crippen molar-refractivity contribution in [2.24, 2.45) is 5.92 Å². The van der Waals surface area contributed by atoms with Crippen molar-refractivity contribution in [1.82, 2.24) is 19.2 Å². The normalized spacial score (nSPS) is 15.9. The summed E-state index contributed by atoms with van der Waals surface area (Å²) >= 11 is 1.06. The molecule has 3 aromatic rings. The molecule has 3 heterocycles. The maximum atomic E-state index is 13.1. The number of nitrogens with one attached hydrogen (secondary N) is 1. The van der Waals surface area contributed by atoms with Gasteiger partial charge in [-0.15, -0.1) is 0 Å². The van der Waals surface area contributed by atoms with Crippen molar-refractivity contribution in [3.05, 3.63) is 58.0 Å². The summed E-state index contributed by atoms with van der Waals surface area (Å²) in [7, 11) is -3.68. The number of thiazole rings is 1. The molecule has 0 aliphatic carbocycles. The molecule has 1 amide bonds. The number of rotatable bonds is 6. The second-order valence-corrected chi connectivity index (χ2v) is 10.4.